The summed E-state index contributed by atoms with van der Waals surface area (Å²) >= 11 is 0. The Labute approximate surface area is 213 Å². The minimum absolute atomic E-state index is 0.405. The van der Waals surface area contributed by atoms with E-state index in [9.17, 15) is 21.6 Å². The topological polar surface area (TPSA) is 61.2 Å². The molecule has 0 saturated carbocycles. The van der Waals surface area contributed by atoms with Crippen LogP contribution in [0.3, 0.4) is 0 Å². The fourth-order valence-corrected chi connectivity index (χ4v) is 5.60. The third-order valence-corrected chi connectivity index (χ3v) is 7.80. The maximum absolute atomic E-state index is 13.0. The Morgan fingerprint density at radius 1 is 0.892 bits per heavy atom. The van der Waals surface area contributed by atoms with Crippen LogP contribution in [0, 0.1) is 0 Å². The summed E-state index contributed by atoms with van der Waals surface area (Å²) in [4.78, 5) is 4.73. The van der Waals surface area contributed by atoms with Crippen LogP contribution >= 0.6 is 0 Å². The average Bonchev–Trinajstić information content (AvgIpc) is 3.12. The molecule has 0 saturated heterocycles. The predicted molar refractivity (Wildman–Crippen MR) is 140 cm³/mol. The van der Waals surface area contributed by atoms with Crippen molar-refractivity contribution in [3.8, 4) is 11.6 Å². The molecule has 37 heavy (non-hydrogen) atoms. The smallest absolute Gasteiger partial charge is 0.376 e. The minimum Gasteiger partial charge on any atom is -0.376 e. The molecule has 0 bridgehead atoms. The van der Waals surface area contributed by atoms with Crippen molar-refractivity contribution in [2.24, 2.45) is 0 Å². The first-order valence-corrected chi connectivity index (χ1v) is 13.8. The first-order valence-electron chi connectivity index (χ1n) is 12.4. The van der Waals surface area contributed by atoms with Gasteiger partial charge in [-0.2, -0.15) is 21.6 Å². The number of halogens is 3. The summed E-state index contributed by atoms with van der Waals surface area (Å²) in [5, 5.41) is 1.69. The molecule has 1 aliphatic rings. The minimum atomic E-state index is -5.80. The van der Waals surface area contributed by atoms with Gasteiger partial charge in [-0.3, -0.25) is 4.57 Å². The number of hydrogen-bond donors (Lipinski definition) is 0. The van der Waals surface area contributed by atoms with Crippen molar-refractivity contribution in [2.45, 2.75) is 57.9 Å². The van der Waals surface area contributed by atoms with Crippen molar-refractivity contribution >= 4 is 43.1 Å². The molecule has 0 unspecified atom stereocenters. The fraction of sp³-hybridized carbons (Fsp3) is 0.321. The number of fused-ring (bicyclic) bond motifs is 5. The van der Waals surface area contributed by atoms with E-state index < -0.39 is 21.4 Å². The van der Waals surface area contributed by atoms with E-state index in [1.165, 1.54) is 23.3 Å². The molecule has 0 spiro atoms. The lowest BCUT2D eigenvalue weighted by Crippen LogP contribution is -2.28. The van der Waals surface area contributed by atoms with E-state index in [0.29, 0.717) is 11.3 Å². The molecular weight excluding hydrogens is 501 g/mol. The van der Waals surface area contributed by atoms with Crippen LogP contribution < -0.4 is 4.18 Å². The summed E-state index contributed by atoms with van der Waals surface area (Å²) < 4.78 is 68.9. The van der Waals surface area contributed by atoms with Crippen LogP contribution in [-0.2, 0) is 10.1 Å². The van der Waals surface area contributed by atoms with Crippen molar-refractivity contribution in [1.29, 1.82) is 0 Å². The second-order valence-electron chi connectivity index (χ2n) is 9.24. The van der Waals surface area contributed by atoms with Crippen molar-refractivity contribution < 1.29 is 25.8 Å². The van der Waals surface area contributed by atoms with Gasteiger partial charge < -0.3 is 4.18 Å². The van der Waals surface area contributed by atoms with E-state index in [0.717, 1.165) is 65.9 Å². The highest BCUT2D eigenvalue weighted by Crippen LogP contribution is 2.46. The first kappa shape index (κ1) is 25.3. The number of rotatable bonds is 8. The van der Waals surface area contributed by atoms with Crippen molar-refractivity contribution in [3.63, 3.8) is 0 Å². The van der Waals surface area contributed by atoms with Crippen LogP contribution in [-0.4, -0.2) is 23.5 Å². The summed E-state index contributed by atoms with van der Waals surface area (Å²) in [5.41, 5.74) is 0.450. The van der Waals surface area contributed by atoms with Gasteiger partial charge in [0.2, 0.25) is 0 Å². The van der Waals surface area contributed by atoms with E-state index >= 15 is 0 Å². The van der Waals surface area contributed by atoms with Gasteiger partial charge in [0.15, 0.2) is 0 Å². The molecule has 194 valence electrons. The molecule has 1 aliphatic heterocycles. The van der Waals surface area contributed by atoms with Gasteiger partial charge in [0.1, 0.15) is 11.6 Å². The number of alkyl halides is 3. The monoisotopic (exact) mass is 528 g/mol. The van der Waals surface area contributed by atoms with Crippen LogP contribution in [0.5, 0.6) is 5.75 Å². The van der Waals surface area contributed by atoms with Gasteiger partial charge in [0.25, 0.3) is 0 Å². The fourth-order valence-electron chi connectivity index (χ4n) is 5.15. The molecule has 3 heterocycles. The number of aromatic nitrogens is 2. The molecule has 0 amide bonds. The van der Waals surface area contributed by atoms with Crippen LogP contribution in [0.2, 0.25) is 0 Å². The van der Waals surface area contributed by atoms with Gasteiger partial charge in [-0.05, 0) is 61.1 Å². The van der Waals surface area contributed by atoms with E-state index in [1.54, 1.807) is 12.3 Å². The molecule has 2 aromatic heterocycles. The maximum Gasteiger partial charge on any atom is 0.534 e. The van der Waals surface area contributed by atoms with Crippen molar-refractivity contribution in [1.82, 2.24) is 9.55 Å². The third-order valence-electron chi connectivity index (χ3n) is 6.82. The van der Waals surface area contributed by atoms with E-state index in [1.807, 2.05) is 28.8 Å². The summed E-state index contributed by atoms with van der Waals surface area (Å²) in [7, 11) is -5.80. The van der Waals surface area contributed by atoms with Crippen LogP contribution in [0.4, 0.5) is 13.2 Å². The lowest BCUT2D eigenvalue weighted by molar-refractivity contribution is -0.0500. The van der Waals surface area contributed by atoms with Gasteiger partial charge >= 0.3 is 15.6 Å². The summed E-state index contributed by atoms with van der Waals surface area (Å²) in [6, 6.07) is 14.2. The number of allylic oxidation sites excluding steroid dienone is 2. The Balaban J connectivity index is 1.84. The molecule has 2 aromatic carbocycles. The number of unbranched alkanes of at least 4 members (excludes halogenated alkanes) is 2. The van der Waals surface area contributed by atoms with Crippen LogP contribution in [0.25, 0.3) is 38.8 Å². The molecular formula is C28H27F3N2O3S. The normalized spacial score (nSPS) is 13.8. The van der Waals surface area contributed by atoms with Gasteiger partial charge in [0, 0.05) is 34.2 Å². The molecule has 0 radical (unpaired) electrons. The quantitative estimate of drug-likeness (QED) is 0.172. The van der Waals surface area contributed by atoms with Gasteiger partial charge in [-0.1, -0.05) is 44.9 Å². The number of para-hydroxylation sites is 1. The van der Waals surface area contributed by atoms with Gasteiger partial charge in [0.05, 0.1) is 11.0 Å². The Morgan fingerprint density at radius 2 is 1.57 bits per heavy atom. The predicted octanol–water partition coefficient (Wildman–Crippen LogP) is 8.01. The summed E-state index contributed by atoms with van der Waals surface area (Å²) in [5.74, 6) is 0.265. The Hall–Kier alpha value is -3.33. The highest BCUT2D eigenvalue weighted by Gasteiger charge is 2.48. The van der Waals surface area contributed by atoms with E-state index in [4.69, 9.17) is 4.98 Å². The highest BCUT2D eigenvalue weighted by molar-refractivity contribution is 7.88. The van der Waals surface area contributed by atoms with Crippen molar-refractivity contribution in [3.05, 3.63) is 65.9 Å². The molecule has 5 nitrogen and oxygen atoms in total. The molecule has 4 aromatic rings. The van der Waals surface area contributed by atoms with Crippen molar-refractivity contribution in [2.75, 3.05) is 0 Å². The molecule has 5 rings (SSSR count). The SMILES string of the molecule is CCCCC1=C(CCCC)c2cccc3c4ccc(OS(=O)(=O)C(F)(F)F)cc4n(c23)-c2ncccc21. The Bertz CT molecular complexity index is 1640. The standard InChI is InChI=1S/C28H27F3N2O3S/c1-3-5-9-19-20(10-6-4-2)24-13-8-16-32-27(24)33-25-17-18(36-37(34,35)28(29,30)31)14-15-21(25)23-12-7-11-22(19)26(23)33/h7-8,11-17H,3-6,9-10H2,1-2H3. The Kier molecular flexibility index (Phi) is 6.52. The lowest BCUT2D eigenvalue weighted by Gasteiger charge is -2.16. The summed E-state index contributed by atoms with van der Waals surface area (Å²) in [6.45, 7) is 4.31. The third kappa shape index (κ3) is 4.29. The molecule has 0 atom stereocenters. The van der Waals surface area contributed by atoms with Gasteiger partial charge in [-0.25, -0.2) is 4.98 Å². The van der Waals surface area contributed by atoms with Gasteiger partial charge in [-0.15, -0.1) is 0 Å². The molecule has 0 aliphatic carbocycles. The zero-order chi connectivity index (χ0) is 26.4. The van der Waals surface area contributed by atoms with E-state index in [-0.39, 0.29) is 0 Å². The number of hydrogen-bond acceptors (Lipinski definition) is 4. The first-order chi connectivity index (χ1) is 17.7. The van der Waals surface area contributed by atoms with Crippen LogP contribution in [0.15, 0.2) is 54.7 Å². The summed E-state index contributed by atoms with van der Waals surface area (Å²) in [6.07, 6.45) is 7.57. The zero-order valence-electron chi connectivity index (χ0n) is 20.6. The maximum atomic E-state index is 13.0. The largest absolute Gasteiger partial charge is 0.534 e. The zero-order valence-corrected chi connectivity index (χ0v) is 21.4. The number of nitrogens with zero attached hydrogens (tertiary/aromatic N) is 2. The van der Waals surface area contributed by atoms with E-state index in [2.05, 4.69) is 24.1 Å². The Morgan fingerprint density at radius 3 is 2.24 bits per heavy atom. The second-order valence-corrected chi connectivity index (χ2v) is 10.8. The molecule has 9 heteroatoms. The number of pyridine rings is 1. The number of benzene rings is 2. The average molecular weight is 529 g/mol. The van der Waals surface area contributed by atoms with Crippen LogP contribution in [0.1, 0.15) is 63.5 Å². The highest BCUT2D eigenvalue weighted by atomic mass is 32.2. The second kappa shape index (κ2) is 9.52. The molecule has 0 N–H and O–H groups in total. The lowest BCUT2D eigenvalue weighted by atomic mass is 9.88. The molecule has 0 fully saturated rings.